The second-order valence-electron chi connectivity index (χ2n) is 7.39. The Balaban J connectivity index is 1.59. The number of anilines is 1. The van der Waals surface area contributed by atoms with Crippen LogP contribution in [0.5, 0.6) is 11.6 Å². The summed E-state index contributed by atoms with van der Waals surface area (Å²) < 4.78 is 28.9. The van der Waals surface area contributed by atoms with Gasteiger partial charge in [-0.05, 0) is 54.0 Å². The normalized spacial score (nSPS) is 14.0. The lowest BCUT2D eigenvalue weighted by Crippen LogP contribution is -2.29. The van der Waals surface area contributed by atoms with E-state index in [1.54, 1.807) is 4.90 Å². The van der Waals surface area contributed by atoms with Crippen molar-refractivity contribution in [3.8, 4) is 11.6 Å². The Bertz CT molecular complexity index is 1330. The van der Waals surface area contributed by atoms with Crippen molar-refractivity contribution in [3.05, 3.63) is 81.6 Å². The van der Waals surface area contributed by atoms with Crippen LogP contribution in [0.3, 0.4) is 0 Å². The summed E-state index contributed by atoms with van der Waals surface area (Å²) >= 11 is 5.96. The third kappa shape index (κ3) is 5.12. The molecule has 0 atom stereocenters. The van der Waals surface area contributed by atoms with E-state index in [1.165, 1.54) is 30.6 Å². The fourth-order valence-corrected chi connectivity index (χ4v) is 4.23. The highest BCUT2D eigenvalue weighted by atomic mass is 35.5. The van der Waals surface area contributed by atoms with Gasteiger partial charge < -0.3 is 9.64 Å². The van der Waals surface area contributed by atoms with E-state index >= 15 is 0 Å². The van der Waals surface area contributed by atoms with Crippen LogP contribution in [-0.4, -0.2) is 42.7 Å². The quantitative estimate of drug-likeness (QED) is 0.368. The molecule has 2 heterocycles. The third-order valence-electron chi connectivity index (χ3n) is 5.14. The second kappa shape index (κ2) is 9.16. The van der Waals surface area contributed by atoms with E-state index in [0.29, 0.717) is 24.5 Å². The molecule has 33 heavy (non-hydrogen) atoms. The Labute approximate surface area is 195 Å². The molecule has 0 saturated heterocycles. The van der Waals surface area contributed by atoms with Crippen molar-refractivity contribution in [1.29, 1.82) is 0 Å². The topological polar surface area (TPSA) is 116 Å². The Morgan fingerprint density at radius 2 is 1.79 bits per heavy atom. The van der Waals surface area contributed by atoms with Gasteiger partial charge in [-0.15, -0.1) is 0 Å². The molecule has 0 N–H and O–H groups in total. The van der Waals surface area contributed by atoms with E-state index in [2.05, 4.69) is 9.97 Å². The van der Waals surface area contributed by atoms with Crippen LogP contribution in [0.2, 0.25) is 5.02 Å². The van der Waals surface area contributed by atoms with Gasteiger partial charge in [-0.25, -0.2) is 13.4 Å². The van der Waals surface area contributed by atoms with Gasteiger partial charge in [0.2, 0.25) is 5.82 Å². The van der Waals surface area contributed by atoms with Crippen LogP contribution in [0.25, 0.3) is 5.57 Å². The first-order valence-corrected chi connectivity index (χ1v) is 12.2. The van der Waals surface area contributed by atoms with Crippen LogP contribution in [0, 0.1) is 10.1 Å². The third-order valence-corrected chi connectivity index (χ3v) is 6.52. The first kappa shape index (κ1) is 22.7. The number of hydrogen-bond donors (Lipinski definition) is 0. The Hall–Kier alpha value is -3.50. The lowest BCUT2D eigenvalue weighted by molar-refractivity contribution is -0.385. The van der Waals surface area contributed by atoms with Gasteiger partial charge in [0.25, 0.3) is 0 Å². The number of nitro groups is 1. The average molecular weight is 487 g/mol. The van der Waals surface area contributed by atoms with Crippen LogP contribution < -0.4 is 9.64 Å². The average Bonchev–Trinajstić information content (AvgIpc) is 2.79. The number of ether oxygens (including phenoxy) is 1. The summed E-state index contributed by atoms with van der Waals surface area (Å²) in [6.45, 7) is 0.952. The lowest BCUT2D eigenvalue weighted by atomic mass is 9.99. The molecule has 1 aromatic heterocycles. The Morgan fingerprint density at radius 1 is 1.09 bits per heavy atom. The molecule has 2 aromatic carbocycles. The number of benzene rings is 2. The van der Waals surface area contributed by atoms with Crippen molar-refractivity contribution < 1.29 is 18.1 Å². The molecule has 0 fully saturated rings. The van der Waals surface area contributed by atoms with Gasteiger partial charge in [0.15, 0.2) is 9.84 Å². The minimum absolute atomic E-state index is 0.115. The van der Waals surface area contributed by atoms with E-state index < -0.39 is 14.8 Å². The zero-order chi connectivity index (χ0) is 23.6. The molecule has 0 saturated carbocycles. The summed E-state index contributed by atoms with van der Waals surface area (Å²) in [5.41, 5.74) is 1.83. The van der Waals surface area contributed by atoms with Gasteiger partial charge >= 0.3 is 11.6 Å². The fraction of sp³-hybridized carbons (Fsp3) is 0.182. The molecule has 0 bridgehead atoms. The minimum Gasteiger partial charge on any atom is -0.434 e. The molecule has 9 nitrogen and oxygen atoms in total. The van der Waals surface area contributed by atoms with Crippen molar-refractivity contribution in [2.24, 2.45) is 0 Å². The summed E-state index contributed by atoms with van der Waals surface area (Å²) in [7, 11) is -3.37. The zero-order valence-electron chi connectivity index (χ0n) is 17.5. The maximum absolute atomic E-state index is 11.9. The van der Waals surface area contributed by atoms with Crippen LogP contribution in [0.15, 0.2) is 65.8 Å². The molecule has 1 aliphatic rings. The number of hydrogen-bond acceptors (Lipinski definition) is 8. The van der Waals surface area contributed by atoms with Crippen LogP contribution >= 0.6 is 11.6 Å². The predicted octanol–water partition coefficient (Wildman–Crippen LogP) is 4.53. The van der Waals surface area contributed by atoms with E-state index in [-0.39, 0.29) is 28.0 Å². The largest absolute Gasteiger partial charge is 0.434 e. The summed E-state index contributed by atoms with van der Waals surface area (Å²) in [5.74, 6) is 0.160. The van der Waals surface area contributed by atoms with Crippen LogP contribution in [0.1, 0.15) is 12.0 Å². The van der Waals surface area contributed by atoms with Gasteiger partial charge in [0, 0.05) is 24.4 Å². The highest BCUT2D eigenvalue weighted by Crippen LogP contribution is 2.37. The maximum Gasteiger partial charge on any atom is 0.373 e. The van der Waals surface area contributed by atoms with Crippen molar-refractivity contribution in [3.63, 3.8) is 0 Å². The molecule has 11 heteroatoms. The minimum atomic E-state index is -3.37. The van der Waals surface area contributed by atoms with Crippen molar-refractivity contribution >= 4 is 38.5 Å². The SMILES string of the molecule is CS(=O)(=O)c1ccc(Oc2ncnc(N3CC=C(c4ccc(Cl)cc4)CC3)c2[N+](=O)[O-])cc1. The first-order chi connectivity index (χ1) is 15.7. The Morgan fingerprint density at radius 3 is 2.36 bits per heavy atom. The Kier molecular flexibility index (Phi) is 6.30. The van der Waals surface area contributed by atoms with Gasteiger partial charge in [0.05, 0.1) is 9.82 Å². The summed E-state index contributed by atoms with van der Waals surface area (Å²) in [6.07, 6.45) is 4.98. The van der Waals surface area contributed by atoms with E-state index in [4.69, 9.17) is 16.3 Å². The molecular formula is C22H19ClN4O5S. The number of nitrogens with zero attached hydrogens (tertiary/aromatic N) is 4. The molecule has 0 unspecified atom stereocenters. The lowest BCUT2D eigenvalue weighted by Gasteiger charge is -2.27. The van der Waals surface area contributed by atoms with Crippen LogP contribution in [-0.2, 0) is 9.84 Å². The van der Waals surface area contributed by atoms with Crippen LogP contribution in [0.4, 0.5) is 11.5 Å². The fourth-order valence-electron chi connectivity index (χ4n) is 3.47. The molecule has 1 aliphatic heterocycles. The molecular weight excluding hydrogens is 468 g/mol. The summed E-state index contributed by atoms with van der Waals surface area (Å²) in [6, 6.07) is 13.1. The van der Waals surface area contributed by atoms with E-state index in [9.17, 15) is 18.5 Å². The number of sulfone groups is 1. The molecule has 3 aromatic rings. The van der Waals surface area contributed by atoms with Crippen molar-refractivity contribution in [2.45, 2.75) is 11.3 Å². The van der Waals surface area contributed by atoms with E-state index in [0.717, 1.165) is 17.4 Å². The summed E-state index contributed by atoms with van der Waals surface area (Å²) in [5, 5.41) is 12.5. The first-order valence-electron chi connectivity index (χ1n) is 9.89. The molecule has 4 rings (SSSR count). The number of aromatic nitrogens is 2. The molecule has 0 radical (unpaired) electrons. The summed E-state index contributed by atoms with van der Waals surface area (Å²) in [4.78, 5) is 21.3. The second-order valence-corrected chi connectivity index (χ2v) is 9.84. The van der Waals surface area contributed by atoms with E-state index in [1.807, 2.05) is 30.3 Å². The van der Waals surface area contributed by atoms with Gasteiger partial charge in [-0.2, -0.15) is 4.98 Å². The molecule has 0 spiro atoms. The highest BCUT2D eigenvalue weighted by molar-refractivity contribution is 7.90. The van der Waals surface area contributed by atoms with Crippen molar-refractivity contribution in [2.75, 3.05) is 24.2 Å². The molecule has 0 aliphatic carbocycles. The predicted molar refractivity (Wildman–Crippen MR) is 125 cm³/mol. The molecule has 0 amide bonds. The number of rotatable bonds is 6. The smallest absolute Gasteiger partial charge is 0.373 e. The molecule has 170 valence electrons. The maximum atomic E-state index is 11.9. The standard InChI is InChI=1S/C22H19ClN4O5S/c1-33(30,31)19-8-6-18(7-9-19)32-22-20(27(28)29)21(24-14-25-22)26-12-10-16(11-13-26)15-2-4-17(23)5-3-15/h2-10,14H,11-13H2,1H3. The van der Waals surface area contributed by atoms with Gasteiger partial charge in [-0.3, -0.25) is 10.1 Å². The van der Waals surface area contributed by atoms with Gasteiger partial charge in [0.1, 0.15) is 12.1 Å². The number of halogens is 1. The van der Waals surface area contributed by atoms with Gasteiger partial charge in [-0.1, -0.05) is 29.8 Å². The monoisotopic (exact) mass is 486 g/mol. The van der Waals surface area contributed by atoms with Crippen molar-refractivity contribution in [1.82, 2.24) is 9.97 Å². The highest BCUT2D eigenvalue weighted by Gasteiger charge is 2.29. The zero-order valence-corrected chi connectivity index (χ0v) is 19.1.